The molecule has 3 aromatic carbocycles. The Morgan fingerprint density at radius 1 is 1.08 bits per heavy atom. The molecule has 0 saturated heterocycles. The van der Waals surface area contributed by atoms with Crippen molar-refractivity contribution in [1.29, 1.82) is 0 Å². The molecule has 0 radical (unpaired) electrons. The third-order valence-electron chi connectivity index (χ3n) is 6.66. The molecular formula is C26H23ClN4O7. The fraction of sp³-hybridized carbons (Fsp3) is 0.231. The Morgan fingerprint density at radius 3 is 2.50 bits per heavy atom. The van der Waals surface area contributed by atoms with E-state index >= 15 is 0 Å². The number of aromatic nitrogens is 1. The van der Waals surface area contributed by atoms with Gasteiger partial charge in [-0.25, -0.2) is 0 Å². The minimum Gasteiger partial charge on any atom is -0.493 e. The molecule has 11 nitrogen and oxygen atoms in total. The summed E-state index contributed by atoms with van der Waals surface area (Å²) in [7, 11) is 4.49. The van der Waals surface area contributed by atoms with E-state index in [0.29, 0.717) is 57.6 Å². The lowest BCUT2D eigenvalue weighted by Gasteiger charge is -2.17. The van der Waals surface area contributed by atoms with E-state index in [0.717, 1.165) is 5.56 Å². The lowest BCUT2D eigenvalue weighted by Crippen LogP contribution is -2.29. The van der Waals surface area contributed by atoms with Gasteiger partial charge in [-0.2, -0.15) is 0 Å². The van der Waals surface area contributed by atoms with Crippen molar-refractivity contribution in [2.24, 2.45) is 0 Å². The van der Waals surface area contributed by atoms with Crippen LogP contribution in [0.3, 0.4) is 0 Å². The smallest absolute Gasteiger partial charge is 0.279 e. The number of hydrogen-bond acceptors (Lipinski definition) is 7. The molecule has 0 bridgehead atoms. The Kier molecular flexibility index (Phi) is 6.45. The van der Waals surface area contributed by atoms with Crippen LogP contribution >= 0.6 is 11.6 Å². The Balaban J connectivity index is 1.60. The molecule has 12 heteroatoms. The average Bonchev–Trinajstić information content (AvgIpc) is 3.55. The maximum Gasteiger partial charge on any atom is 0.279 e. The van der Waals surface area contributed by atoms with Crippen LogP contribution in [0.2, 0.25) is 0 Å². The molecule has 196 valence electrons. The quantitative estimate of drug-likeness (QED) is 0.154. The number of hydrogen-bond donors (Lipinski definition) is 2. The van der Waals surface area contributed by atoms with Gasteiger partial charge in [0, 0.05) is 23.6 Å². The molecule has 0 unspecified atom stereocenters. The van der Waals surface area contributed by atoms with Gasteiger partial charge < -0.3 is 29.4 Å². The lowest BCUT2D eigenvalue weighted by molar-refractivity contribution is -0.383. The van der Waals surface area contributed by atoms with Crippen LogP contribution in [0.4, 0.5) is 11.4 Å². The number of aromatic amines is 1. The molecular weight excluding hydrogens is 516 g/mol. The highest BCUT2D eigenvalue weighted by molar-refractivity contribution is 6.19. The van der Waals surface area contributed by atoms with Gasteiger partial charge in [-0.15, -0.1) is 11.6 Å². The number of amides is 2. The number of carbonyl (C=O) groups excluding carboxylic acids is 2. The normalized spacial score (nSPS) is 12.5. The van der Waals surface area contributed by atoms with Gasteiger partial charge in [-0.1, -0.05) is 6.07 Å². The summed E-state index contributed by atoms with van der Waals surface area (Å²) in [5.74, 6) is 0.430. The number of non-ortho nitro benzene ring substituents is 1. The van der Waals surface area contributed by atoms with Gasteiger partial charge in [0.1, 0.15) is 5.69 Å². The van der Waals surface area contributed by atoms with Crippen LogP contribution in [0.1, 0.15) is 26.4 Å². The summed E-state index contributed by atoms with van der Waals surface area (Å²) in [5, 5.41) is 16.1. The van der Waals surface area contributed by atoms with E-state index in [4.69, 9.17) is 25.8 Å². The molecule has 1 aliphatic heterocycles. The predicted octanol–water partition coefficient (Wildman–Crippen LogP) is 4.38. The summed E-state index contributed by atoms with van der Waals surface area (Å²) in [6, 6.07) is 9.45. The molecule has 2 heterocycles. The number of nitro benzene ring substituents is 1. The first-order valence-corrected chi connectivity index (χ1v) is 12.1. The van der Waals surface area contributed by atoms with E-state index in [1.807, 2.05) is 0 Å². The van der Waals surface area contributed by atoms with E-state index in [1.165, 1.54) is 38.4 Å². The zero-order valence-electron chi connectivity index (χ0n) is 20.7. The Morgan fingerprint density at radius 2 is 1.84 bits per heavy atom. The lowest BCUT2D eigenvalue weighted by atomic mass is 9.98. The largest absolute Gasteiger partial charge is 0.493 e. The number of rotatable bonds is 7. The molecule has 0 fully saturated rings. The summed E-state index contributed by atoms with van der Waals surface area (Å²) >= 11 is 5.59. The van der Waals surface area contributed by atoms with Gasteiger partial charge in [-0.05, 0) is 41.6 Å². The van der Waals surface area contributed by atoms with Gasteiger partial charge in [0.15, 0.2) is 11.5 Å². The van der Waals surface area contributed by atoms with Gasteiger partial charge in [-0.3, -0.25) is 19.7 Å². The van der Waals surface area contributed by atoms with Crippen molar-refractivity contribution < 1.29 is 28.7 Å². The number of anilines is 1. The number of nitrogens with zero attached hydrogens (tertiary/aromatic N) is 2. The maximum atomic E-state index is 13.7. The zero-order chi connectivity index (χ0) is 27.1. The van der Waals surface area contributed by atoms with Crippen LogP contribution in [-0.4, -0.2) is 55.6 Å². The Hall–Kier alpha value is -4.51. The number of ether oxygens (including phenoxy) is 3. The van der Waals surface area contributed by atoms with E-state index in [2.05, 4.69) is 10.3 Å². The highest BCUT2D eigenvalue weighted by Crippen LogP contribution is 2.44. The zero-order valence-corrected chi connectivity index (χ0v) is 21.5. The van der Waals surface area contributed by atoms with Crippen molar-refractivity contribution in [2.45, 2.75) is 6.42 Å². The van der Waals surface area contributed by atoms with Crippen LogP contribution in [0.25, 0.3) is 21.7 Å². The highest BCUT2D eigenvalue weighted by atomic mass is 35.5. The minimum absolute atomic E-state index is 0.0839. The molecule has 0 saturated carbocycles. The number of alkyl halides is 1. The monoisotopic (exact) mass is 538 g/mol. The molecule has 38 heavy (non-hydrogen) atoms. The molecule has 4 aromatic rings. The van der Waals surface area contributed by atoms with Crippen LogP contribution in [0.5, 0.6) is 17.2 Å². The van der Waals surface area contributed by atoms with Crippen LogP contribution in [0.15, 0.2) is 36.4 Å². The first-order chi connectivity index (χ1) is 18.3. The molecule has 0 aliphatic carbocycles. The molecule has 2 amide bonds. The van der Waals surface area contributed by atoms with E-state index < -0.39 is 10.8 Å². The third-order valence-corrected chi connectivity index (χ3v) is 6.79. The van der Waals surface area contributed by atoms with Gasteiger partial charge >= 0.3 is 0 Å². The van der Waals surface area contributed by atoms with Crippen molar-refractivity contribution in [1.82, 2.24) is 10.3 Å². The number of fused-ring (bicyclic) bond motifs is 4. The fourth-order valence-corrected chi connectivity index (χ4v) is 5.09. The molecule has 1 aromatic heterocycles. The van der Waals surface area contributed by atoms with Crippen molar-refractivity contribution in [3.63, 3.8) is 0 Å². The van der Waals surface area contributed by atoms with Gasteiger partial charge in [0.25, 0.3) is 17.5 Å². The SMILES string of the molecule is COc1cc2cc(C(=O)N3CCc4c3cc([N+](=O)[O-])c3cc(C(=O)NCCl)ccc43)[nH]c2c(OC)c1OC. The summed E-state index contributed by atoms with van der Waals surface area (Å²) in [4.78, 5) is 42.1. The summed E-state index contributed by atoms with van der Waals surface area (Å²) in [5.41, 5.74) is 2.13. The Labute approximate surface area is 221 Å². The van der Waals surface area contributed by atoms with Crippen LogP contribution in [0, 0.1) is 10.1 Å². The topological polar surface area (TPSA) is 136 Å². The number of carbonyl (C=O) groups is 2. The standard InChI is InChI=1S/C26H23ClN4O7/c1-36-21-10-14-9-18(29-22(14)24(38-3)23(21)37-2)26(33)30-7-6-16-15-5-4-13(25(32)28-12-27)8-17(15)20(31(34)35)11-19(16)30/h4-5,8-11,29H,6-7,12H2,1-3H3,(H,28,32). The second-order valence-electron chi connectivity index (χ2n) is 8.55. The van der Waals surface area contributed by atoms with Gasteiger partial charge in [0.05, 0.1) is 48.8 Å². The fourth-order valence-electron chi connectivity index (χ4n) is 4.97. The summed E-state index contributed by atoms with van der Waals surface area (Å²) in [6.45, 7) is 0.331. The third kappa shape index (κ3) is 3.91. The number of nitro groups is 1. The van der Waals surface area contributed by atoms with Crippen molar-refractivity contribution in [3.05, 3.63) is 63.3 Å². The molecule has 1 aliphatic rings. The second kappa shape index (κ2) is 9.75. The van der Waals surface area contributed by atoms with E-state index in [1.54, 1.807) is 24.3 Å². The minimum atomic E-state index is -0.515. The van der Waals surface area contributed by atoms with Crippen LogP contribution in [-0.2, 0) is 6.42 Å². The van der Waals surface area contributed by atoms with Crippen molar-refractivity contribution in [3.8, 4) is 17.2 Å². The number of nitrogens with one attached hydrogen (secondary N) is 2. The molecule has 2 N–H and O–H groups in total. The van der Waals surface area contributed by atoms with Crippen LogP contribution < -0.4 is 24.4 Å². The molecule has 5 rings (SSSR count). The first-order valence-electron chi connectivity index (χ1n) is 11.5. The number of benzene rings is 3. The van der Waals surface area contributed by atoms with Crippen molar-refractivity contribution in [2.75, 3.05) is 38.8 Å². The number of methoxy groups -OCH3 is 3. The highest BCUT2D eigenvalue weighted by Gasteiger charge is 2.32. The molecule has 0 atom stereocenters. The summed E-state index contributed by atoms with van der Waals surface area (Å²) in [6.07, 6.45) is 0.494. The number of H-pyrrole nitrogens is 1. The van der Waals surface area contributed by atoms with E-state index in [9.17, 15) is 19.7 Å². The maximum absolute atomic E-state index is 13.7. The van der Waals surface area contributed by atoms with Gasteiger partial charge in [0.2, 0.25) is 5.75 Å². The van der Waals surface area contributed by atoms with Crippen molar-refractivity contribution >= 4 is 56.5 Å². The average molecular weight is 539 g/mol. The van der Waals surface area contributed by atoms with E-state index in [-0.39, 0.29) is 28.9 Å². The predicted molar refractivity (Wildman–Crippen MR) is 142 cm³/mol. The number of halogens is 1. The first kappa shape index (κ1) is 25.2. The Bertz CT molecular complexity index is 1630. The summed E-state index contributed by atoms with van der Waals surface area (Å²) < 4.78 is 16.4. The second-order valence-corrected chi connectivity index (χ2v) is 8.82. The molecule has 0 spiro atoms.